The summed E-state index contributed by atoms with van der Waals surface area (Å²) in [5.74, 6) is 0.121. The molecule has 0 unspecified atom stereocenters. The average Bonchev–Trinajstić information content (AvgIpc) is 2.41. The van der Waals surface area contributed by atoms with Crippen molar-refractivity contribution < 1.29 is 15.0 Å². The first-order valence-corrected chi connectivity index (χ1v) is 5.87. The number of hydrogen-bond acceptors (Lipinski definition) is 3. The van der Waals surface area contributed by atoms with Crippen molar-refractivity contribution in [2.24, 2.45) is 0 Å². The number of carbonyl (C=O) groups excluding carboxylic acids is 1. The molecule has 0 aromatic heterocycles. The summed E-state index contributed by atoms with van der Waals surface area (Å²) in [5, 5.41) is 19.5. The molecule has 0 aliphatic carbocycles. The highest BCUT2D eigenvalue weighted by Gasteiger charge is 2.10. The number of phenolic OH excluding ortho intramolecular Hbond substituents is 2. The maximum absolute atomic E-state index is 11.1. The van der Waals surface area contributed by atoms with E-state index in [0.29, 0.717) is 29.4 Å². The van der Waals surface area contributed by atoms with Gasteiger partial charge >= 0.3 is 0 Å². The molecule has 0 saturated heterocycles. The maximum atomic E-state index is 11.1. The zero-order valence-corrected chi connectivity index (χ0v) is 10.3. The lowest BCUT2D eigenvalue weighted by atomic mass is 9.96. The largest absolute Gasteiger partial charge is 0.508 e. The molecule has 2 aromatic rings. The summed E-state index contributed by atoms with van der Waals surface area (Å²) in [5.41, 5.74) is 2.43. The van der Waals surface area contributed by atoms with Crippen molar-refractivity contribution in [3.63, 3.8) is 0 Å². The molecule has 0 fully saturated rings. The second-order valence-electron chi connectivity index (χ2n) is 4.23. The van der Waals surface area contributed by atoms with Crippen molar-refractivity contribution in [1.29, 1.82) is 0 Å². The SMILES string of the molecule is C=CCc1ccc(O)c(-c2cc(O)ccc2C=O)c1. The number of allylic oxidation sites excluding steroid dienone is 1. The van der Waals surface area contributed by atoms with Crippen LogP contribution in [0.1, 0.15) is 15.9 Å². The highest BCUT2D eigenvalue weighted by atomic mass is 16.3. The van der Waals surface area contributed by atoms with Gasteiger partial charge in [0.15, 0.2) is 6.29 Å². The van der Waals surface area contributed by atoms with Gasteiger partial charge in [0.25, 0.3) is 0 Å². The Balaban J connectivity index is 2.63. The van der Waals surface area contributed by atoms with E-state index < -0.39 is 0 Å². The third-order valence-electron chi connectivity index (χ3n) is 2.90. The van der Waals surface area contributed by atoms with Crippen LogP contribution in [0.4, 0.5) is 0 Å². The van der Waals surface area contributed by atoms with Gasteiger partial charge in [-0.2, -0.15) is 0 Å². The first-order valence-electron chi connectivity index (χ1n) is 5.87. The second-order valence-corrected chi connectivity index (χ2v) is 4.23. The van der Waals surface area contributed by atoms with Crippen LogP contribution in [-0.4, -0.2) is 16.5 Å². The van der Waals surface area contributed by atoms with Gasteiger partial charge in [0, 0.05) is 11.1 Å². The molecule has 0 saturated carbocycles. The lowest BCUT2D eigenvalue weighted by molar-refractivity contribution is 0.112. The van der Waals surface area contributed by atoms with Crippen LogP contribution in [0.5, 0.6) is 11.5 Å². The summed E-state index contributed by atoms with van der Waals surface area (Å²) in [6.45, 7) is 3.67. The summed E-state index contributed by atoms with van der Waals surface area (Å²) in [7, 11) is 0. The number of aldehydes is 1. The minimum absolute atomic E-state index is 0.0501. The topological polar surface area (TPSA) is 57.5 Å². The van der Waals surface area contributed by atoms with Gasteiger partial charge in [-0.05, 0) is 47.9 Å². The molecular formula is C16H14O3. The lowest BCUT2D eigenvalue weighted by Crippen LogP contribution is -1.90. The average molecular weight is 254 g/mol. The van der Waals surface area contributed by atoms with Gasteiger partial charge in [0.2, 0.25) is 0 Å². The molecule has 2 aromatic carbocycles. The van der Waals surface area contributed by atoms with Crippen molar-refractivity contribution in [1.82, 2.24) is 0 Å². The molecule has 0 aliphatic rings. The van der Waals surface area contributed by atoms with E-state index in [1.165, 1.54) is 18.2 Å². The van der Waals surface area contributed by atoms with Crippen LogP contribution in [0.25, 0.3) is 11.1 Å². The van der Waals surface area contributed by atoms with Crippen LogP contribution in [0, 0.1) is 0 Å². The van der Waals surface area contributed by atoms with E-state index in [9.17, 15) is 15.0 Å². The molecule has 0 aliphatic heterocycles. The van der Waals surface area contributed by atoms with Crippen LogP contribution in [0.2, 0.25) is 0 Å². The molecule has 19 heavy (non-hydrogen) atoms. The number of benzene rings is 2. The number of hydrogen-bond donors (Lipinski definition) is 2. The van der Waals surface area contributed by atoms with Gasteiger partial charge in [-0.1, -0.05) is 12.1 Å². The highest BCUT2D eigenvalue weighted by Crippen LogP contribution is 2.34. The first-order chi connectivity index (χ1) is 9.15. The van der Waals surface area contributed by atoms with Gasteiger partial charge in [0.1, 0.15) is 11.5 Å². The molecule has 0 atom stereocenters. The summed E-state index contributed by atoms with van der Waals surface area (Å²) < 4.78 is 0. The van der Waals surface area contributed by atoms with Crippen LogP contribution in [-0.2, 0) is 6.42 Å². The molecule has 3 heteroatoms. The predicted octanol–water partition coefficient (Wildman–Crippen LogP) is 3.31. The third kappa shape index (κ3) is 2.65. The zero-order chi connectivity index (χ0) is 13.8. The van der Waals surface area contributed by atoms with E-state index in [0.717, 1.165) is 5.56 Å². The molecule has 0 spiro atoms. The van der Waals surface area contributed by atoms with Crippen molar-refractivity contribution in [3.05, 3.63) is 60.2 Å². The smallest absolute Gasteiger partial charge is 0.150 e. The van der Waals surface area contributed by atoms with Crippen LogP contribution < -0.4 is 0 Å². The number of phenols is 2. The van der Waals surface area contributed by atoms with Crippen molar-refractivity contribution in [3.8, 4) is 22.6 Å². The number of aromatic hydroxyl groups is 2. The van der Waals surface area contributed by atoms with E-state index >= 15 is 0 Å². The van der Waals surface area contributed by atoms with E-state index in [1.54, 1.807) is 24.3 Å². The van der Waals surface area contributed by atoms with E-state index in [1.807, 2.05) is 0 Å². The molecule has 0 radical (unpaired) electrons. The van der Waals surface area contributed by atoms with E-state index in [-0.39, 0.29) is 11.5 Å². The van der Waals surface area contributed by atoms with E-state index in [2.05, 4.69) is 6.58 Å². The minimum atomic E-state index is 0.0501. The summed E-state index contributed by atoms with van der Waals surface area (Å²) in [4.78, 5) is 11.1. The first kappa shape index (κ1) is 12.9. The Morgan fingerprint density at radius 1 is 1.05 bits per heavy atom. The molecule has 0 bridgehead atoms. The van der Waals surface area contributed by atoms with Gasteiger partial charge in [-0.15, -0.1) is 6.58 Å². The van der Waals surface area contributed by atoms with Crippen molar-refractivity contribution >= 4 is 6.29 Å². The lowest BCUT2D eigenvalue weighted by Gasteiger charge is -2.10. The highest BCUT2D eigenvalue weighted by molar-refractivity contribution is 5.90. The molecule has 2 N–H and O–H groups in total. The Labute approximate surface area is 111 Å². The van der Waals surface area contributed by atoms with Crippen molar-refractivity contribution in [2.45, 2.75) is 6.42 Å². The van der Waals surface area contributed by atoms with Crippen LogP contribution >= 0.6 is 0 Å². The Bertz CT molecular complexity index is 630. The fourth-order valence-corrected chi connectivity index (χ4v) is 1.97. The van der Waals surface area contributed by atoms with Gasteiger partial charge in [-0.25, -0.2) is 0 Å². The minimum Gasteiger partial charge on any atom is -0.508 e. The predicted molar refractivity (Wildman–Crippen MR) is 74.5 cm³/mol. The molecule has 0 heterocycles. The second kappa shape index (κ2) is 5.40. The monoisotopic (exact) mass is 254 g/mol. The van der Waals surface area contributed by atoms with Gasteiger partial charge in [0.05, 0.1) is 0 Å². The molecular weight excluding hydrogens is 240 g/mol. The van der Waals surface area contributed by atoms with Crippen molar-refractivity contribution in [2.75, 3.05) is 0 Å². The normalized spacial score (nSPS) is 10.1. The quantitative estimate of drug-likeness (QED) is 0.650. The third-order valence-corrected chi connectivity index (χ3v) is 2.90. The van der Waals surface area contributed by atoms with Gasteiger partial charge in [-0.3, -0.25) is 4.79 Å². The Kier molecular flexibility index (Phi) is 3.66. The molecule has 0 amide bonds. The molecule has 3 nitrogen and oxygen atoms in total. The van der Waals surface area contributed by atoms with Crippen LogP contribution in [0.15, 0.2) is 49.1 Å². The summed E-state index contributed by atoms with van der Waals surface area (Å²) >= 11 is 0. The Morgan fingerprint density at radius 2 is 1.84 bits per heavy atom. The summed E-state index contributed by atoms with van der Waals surface area (Å²) in [6, 6.07) is 9.60. The maximum Gasteiger partial charge on any atom is 0.150 e. The Morgan fingerprint density at radius 3 is 2.53 bits per heavy atom. The number of rotatable bonds is 4. The molecule has 96 valence electrons. The fourth-order valence-electron chi connectivity index (χ4n) is 1.97. The Hall–Kier alpha value is -2.55. The van der Waals surface area contributed by atoms with Gasteiger partial charge < -0.3 is 10.2 Å². The standard InChI is InChI=1S/C16H14O3/c1-2-3-11-4-7-16(19)15(8-11)14-9-13(18)6-5-12(14)10-17/h2,4-10,18-19H,1,3H2. The zero-order valence-electron chi connectivity index (χ0n) is 10.3. The van der Waals surface area contributed by atoms with E-state index in [4.69, 9.17) is 0 Å². The number of carbonyl (C=O) groups is 1. The molecule has 2 rings (SSSR count). The van der Waals surface area contributed by atoms with Crippen LogP contribution in [0.3, 0.4) is 0 Å². The summed E-state index contributed by atoms with van der Waals surface area (Å²) in [6.07, 6.45) is 3.14. The fraction of sp³-hybridized carbons (Fsp3) is 0.0625.